The highest BCUT2D eigenvalue weighted by Crippen LogP contribution is 2.32. The van der Waals surface area contributed by atoms with Crippen LogP contribution < -0.4 is 16.0 Å². The van der Waals surface area contributed by atoms with Gasteiger partial charge in [-0.15, -0.1) is 0 Å². The maximum absolute atomic E-state index is 6.16. The van der Waals surface area contributed by atoms with Crippen molar-refractivity contribution < 1.29 is 0 Å². The van der Waals surface area contributed by atoms with Gasteiger partial charge in [-0.05, 0) is 32.0 Å². The van der Waals surface area contributed by atoms with Gasteiger partial charge in [-0.1, -0.05) is 23.2 Å². The highest BCUT2D eigenvalue weighted by molar-refractivity contribution is 6.36. The monoisotopic (exact) mass is 325 g/mol. The first kappa shape index (κ1) is 15.7. The van der Waals surface area contributed by atoms with Crippen molar-refractivity contribution in [2.45, 2.75) is 13.8 Å². The molecule has 0 amide bonds. The van der Waals surface area contributed by atoms with Gasteiger partial charge in [0, 0.05) is 18.1 Å². The van der Waals surface area contributed by atoms with Crippen molar-refractivity contribution in [3.05, 3.63) is 34.6 Å². The fourth-order valence-electron chi connectivity index (χ4n) is 1.98. The summed E-state index contributed by atoms with van der Waals surface area (Å²) in [6, 6.07) is 5.19. The molecule has 0 radical (unpaired) electrons. The lowest BCUT2D eigenvalue weighted by molar-refractivity contribution is 0.844. The molecule has 0 fully saturated rings. The third-order valence-corrected chi connectivity index (χ3v) is 3.66. The quantitative estimate of drug-likeness (QED) is 0.871. The van der Waals surface area contributed by atoms with Crippen LogP contribution in [0.1, 0.15) is 13.8 Å². The number of hydrogen-bond acceptors (Lipinski definition) is 5. The first-order chi connectivity index (χ1) is 10.1. The molecule has 0 aliphatic carbocycles. The van der Waals surface area contributed by atoms with Crippen LogP contribution in [-0.4, -0.2) is 23.1 Å². The third-order valence-electron chi connectivity index (χ3n) is 3.11. The highest BCUT2D eigenvalue weighted by atomic mass is 35.5. The van der Waals surface area contributed by atoms with Gasteiger partial charge in [-0.2, -0.15) is 0 Å². The number of benzene rings is 1. The summed E-state index contributed by atoms with van der Waals surface area (Å²) in [6.07, 6.45) is 1.48. The Labute approximate surface area is 134 Å². The number of rotatable bonds is 5. The van der Waals surface area contributed by atoms with Crippen LogP contribution in [0.2, 0.25) is 10.0 Å². The molecule has 0 spiro atoms. The van der Waals surface area contributed by atoms with Crippen LogP contribution in [-0.2, 0) is 0 Å². The molecule has 112 valence electrons. The lowest BCUT2D eigenvalue weighted by Gasteiger charge is -2.22. The van der Waals surface area contributed by atoms with E-state index in [4.69, 9.17) is 28.9 Å². The van der Waals surface area contributed by atoms with E-state index in [2.05, 4.69) is 20.2 Å². The van der Waals surface area contributed by atoms with Crippen molar-refractivity contribution in [3.63, 3.8) is 0 Å². The highest BCUT2D eigenvalue weighted by Gasteiger charge is 2.13. The molecule has 2 aromatic rings. The SMILES string of the molecule is CCN(CC)c1ncnc(Nc2ccc(Cl)cc2Cl)c1N. The number of nitrogen functional groups attached to an aromatic ring is 1. The molecular weight excluding hydrogens is 309 g/mol. The first-order valence-corrected chi connectivity index (χ1v) is 7.39. The fraction of sp³-hybridized carbons (Fsp3) is 0.286. The molecule has 0 unspecified atom stereocenters. The standard InChI is InChI=1S/C14H17Cl2N5/c1-3-21(4-2)14-12(17)13(18-8-19-14)20-11-6-5-9(15)7-10(11)16/h5-8H,3-4,17H2,1-2H3,(H,18,19,20). The van der Waals surface area contributed by atoms with E-state index in [1.54, 1.807) is 18.2 Å². The van der Waals surface area contributed by atoms with Crippen LogP contribution in [0.5, 0.6) is 0 Å². The Morgan fingerprint density at radius 3 is 2.52 bits per heavy atom. The Hall–Kier alpha value is -1.72. The second-order valence-corrected chi connectivity index (χ2v) is 5.22. The van der Waals surface area contributed by atoms with E-state index < -0.39 is 0 Å². The zero-order valence-corrected chi connectivity index (χ0v) is 13.4. The first-order valence-electron chi connectivity index (χ1n) is 6.64. The molecule has 1 aromatic heterocycles. The summed E-state index contributed by atoms with van der Waals surface area (Å²) in [7, 11) is 0. The molecule has 2 rings (SSSR count). The number of aromatic nitrogens is 2. The van der Waals surface area contributed by atoms with Crippen molar-refractivity contribution in [3.8, 4) is 0 Å². The molecule has 0 atom stereocenters. The number of nitrogens with one attached hydrogen (secondary N) is 1. The Kier molecular flexibility index (Phi) is 5.09. The van der Waals surface area contributed by atoms with Gasteiger partial charge in [0.05, 0.1) is 10.7 Å². The van der Waals surface area contributed by atoms with Crippen molar-refractivity contribution >= 4 is 46.2 Å². The normalized spacial score (nSPS) is 10.5. The molecule has 5 nitrogen and oxygen atoms in total. The number of hydrogen-bond donors (Lipinski definition) is 2. The van der Waals surface area contributed by atoms with Crippen molar-refractivity contribution in [1.82, 2.24) is 9.97 Å². The van der Waals surface area contributed by atoms with Crippen LogP contribution in [0.25, 0.3) is 0 Å². The van der Waals surface area contributed by atoms with Crippen LogP contribution >= 0.6 is 23.2 Å². The molecule has 1 heterocycles. The minimum absolute atomic E-state index is 0.493. The average molecular weight is 326 g/mol. The Balaban J connectivity index is 2.34. The molecule has 7 heteroatoms. The average Bonchev–Trinajstić information content (AvgIpc) is 2.46. The van der Waals surface area contributed by atoms with Crippen LogP contribution in [0.3, 0.4) is 0 Å². The van der Waals surface area contributed by atoms with E-state index >= 15 is 0 Å². The molecule has 0 aliphatic heterocycles. The maximum atomic E-state index is 6.16. The number of nitrogens with two attached hydrogens (primary N) is 1. The van der Waals surface area contributed by atoms with Gasteiger partial charge >= 0.3 is 0 Å². The molecule has 0 saturated carbocycles. The van der Waals surface area contributed by atoms with Gasteiger partial charge in [-0.25, -0.2) is 9.97 Å². The lowest BCUT2D eigenvalue weighted by atomic mass is 10.3. The molecule has 0 bridgehead atoms. The number of halogens is 2. The summed E-state index contributed by atoms with van der Waals surface area (Å²) >= 11 is 12.0. The molecule has 1 aromatic carbocycles. The Morgan fingerprint density at radius 2 is 1.90 bits per heavy atom. The van der Waals surface area contributed by atoms with Crippen LogP contribution in [0, 0.1) is 0 Å². The summed E-state index contributed by atoms with van der Waals surface area (Å²) in [5, 5.41) is 4.20. The maximum Gasteiger partial charge on any atom is 0.159 e. The van der Waals surface area contributed by atoms with E-state index in [-0.39, 0.29) is 0 Å². The van der Waals surface area contributed by atoms with E-state index in [0.717, 1.165) is 13.1 Å². The van der Waals surface area contributed by atoms with Crippen molar-refractivity contribution in [2.75, 3.05) is 29.0 Å². The summed E-state index contributed by atoms with van der Waals surface area (Å²) < 4.78 is 0. The minimum atomic E-state index is 0.493. The summed E-state index contributed by atoms with van der Waals surface area (Å²) in [5.41, 5.74) is 7.35. The smallest absolute Gasteiger partial charge is 0.159 e. The van der Waals surface area contributed by atoms with Crippen molar-refractivity contribution in [1.29, 1.82) is 0 Å². The topological polar surface area (TPSA) is 67.1 Å². The van der Waals surface area contributed by atoms with E-state index in [1.165, 1.54) is 6.33 Å². The molecule has 3 N–H and O–H groups in total. The summed E-state index contributed by atoms with van der Waals surface area (Å²) in [6.45, 7) is 5.74. The predicted molar refractivity (Wildman–Crippen MR) is 89.8 cm³/mol. The Morgan fingerprint density at radius 1 is 1.19 bits per heavy atom. The summed E-state index contributed by atoms with van der Waals surface area (Å²) in [4.78, 5) is 10.5. The fourth-order valence-corrected chi connectivity index (χ4v) is 2.44. The molecule has 0 saturated heterocycles. The van der Waals surface area contributed by atoms with Gasteiger partial charge < -0.3 is 16.0 Å². The van der Waals surface area contributed by atoms with E-state index in [9.17, 15) is 0 Å². The molecular formula is C14H17Cl2N5. The number of nitrogens with zero attached hydrogens (tertiary/aromatic N) is 3. The van der Waals surface area contributed by atoms with Gasteiger partial charge in [0.2, 0.25) is 0 Å². The summed E-state index contributed by atoms with van der Waals surface area (Å²) in [5.74, 6) is 1.23. The third kappa shape index (κ3) is 3.49. The van der Waals surface area contributed by atoms with Crippen LogP contribution in [0.15, 0.2) is 24.5 Å². The van der Waals surface area contributed by atoms with Crippen molar-refractivity contribution in [2.24, 2.45) is 0 Å². The zero-order chi connectivity index (χ0) is 15.4. The van der Waals surface area contributed by atoms with Gasteiger partial charge in [-0.3, -0.25) is 0 Å². The zero-order valence-electron chi connectivity index (χ0n) is 11.9. The van der Waals surface area contributed by atoms with Crippen LogP contribution in [0.4, 0.5) is 23.0 Å². The predicted octanol–water partition coefficient (Wildman–Crippen LogP) is 3.96. The second kappa shape index (κ2) is 6.83. The molecule has 21 heavy (non-hydrogen) atoms. The lowest BCUT2D eigenvalue weighted by Crippen LogP contribution is -2.24. The Bertz CT molecular complexity index is 629. The second-order valence-electron chi connectivity index (χ2n) is 4.38. The minimum Gasteiger partial charge on any atom is -0.393 e. The molecule has 0 aliphatic rings. The van der Waals surface area contributed by atoms with Gasteiger partial charge in [0.1, 0.15) is 12.0 Å². The number of anilines is 4. The largest absolute Gasteiger partial charge is 0.393 e. The van der Waals surface area contributed by atoms with Gasteiger partial charge in [0.25, 0.3) is 0 Å². The van der Waals surface area contributed by atoms with E-state index in [0.29, 0.717) is 33.1 Å². The van der Waals surface area contributed by atoms with E-state index in [1.807, 2.05) is 13.8 Å². The van der Waals surface area contributed by atoms with Gasteiger partial charge in [0.15, 0.2) is 11.6 Å².